The van der Waals surface area contributed by atoms with Gasteiger partial charge in [-0.2, -0.15) is 0 Å². The summed E-state index contributed by atoms with van der Waals surface area (Å²) in [5, 5.41) is 0. The quantitative estimate of drug-likeness (QED) is 0.473. The summed E-state index contributed by atoms with van der Waals surface area (Å²) < 4.78 is 16.5. The summed E-state index contributed by atoms with van der Waals surface area (Å²) in [6.45, 7) is 8.86. The molecule has 4 heteroatoms. The normalized spacial score (nSPS) is 18.2. The van der Waals surface area contributed by atoms with E-state index < -0.39 is 8.56 Å². The lowest BCUT2D eigenvalue weighted by Gasteiger charge is -2.28. The van der Waals surface area contributed by atoms with Gasteiger partial charge in [-0.1, -0.05) is 13.3 Å². The van der Waals surface area contributed by atoms with E-state index in [0.29, 0.717) is 0 Å². The van der Waals surface area contributed by atoms with Crippen molar-refractivity contribution in [3.8, 4) is 0 Å². The summed E-state index contributed by atoms with van der Waals surface area (Å²) in [4.78, 5) is 0. The molecule has 0 saturated carbocycles. The Kier molecular flexibility index (Phi) is 6.58. The molecule has 0 aromatic carbocycles. The molecule has 0 aliphatic carbocycles. The topological polar surface area (TPSA) is 27.7 Å². The minimum Gasteiger partial charge on any atom is -0.395 e. The fourth-order valence-electron chi connectivity index (χ4n) is 1.32. The summed E-state index contributed by atoms with van der Waals surface area (Å²) in [6, 6.07) is 1.02. The molecule has 2 unspecified atom stereocenters. The van der Waals surface area contributed by atoms with Gasteiger partial charge in [0, 0.05) is 13.7 Å². The number of hydrogen-bond acceptors (Lipinski definition) is 3. The van der Waals surface area contributed by atoms with E-state index in [1.165, 1.54) is 0 Å². The molecular formula is C9H22O3Si. The fourth-order valence-corrected chi connectivity index (χ4v) is 3.97. The second-order valence-electron chi connectivity index (χ2n) is 3.24. The van der Waals surface area contributed by atoms with Gasteiger partial charge in [0.2, 0.25) is 0 Å². The Hall–Kier alpha value is 0.0969. The summed E-state index contributed by atoms with van der Waals surface area (Å²) in [7, 11) is -0.308. The van der Waals surface area contributed by atoms with Crippen LogP contribution in [0.4, 0.5) is 0 Å². The molecule has 13 heavy (non-hydrogen) atoms. The first kappa shape index (κ1) is 13.1. The zero-order valence-corrected chi connectivity index (χ0v) is 10.4. The van der Waals surface area contributed by atoms with Crippen molar-refractivity contribution in [1.29, 1.82) is 0 Å². The van der Waals surface area contributed by atoms with Gasteiger partial charge in [-0.3, -0.25) is 0 Å². The highest BCUT2D eigenvalue weighted by Gasteiger charge is 2.31. The van der Waals surface area contributed by atoms with Gasteiger partial charge >= 0.3 is 8.56 Å². The van der Waals surface area contributed by atoms with Gasteiger partial charge in [-0.05, 0) is 26.4 Å². The second-order valence-corrected chi connectivity index (χ2v) is 6.53. The van der Waals surface area contributed by atoms with Gasteiger partial charge in [0.25, 0.3) is 0 Å². The van der Waals surface area contributed by atoms with Gasteiger partial charge in [-0.25, -0.2) is 0 Å². The summed E-state index contributed by atoms with van der Waals surface area (Å²) >= 11 is 0. The van der Waals surface area contributed by atoms with Crippen LogP contribution in [0, 0.1) is 0 Å². The lowest BCUT2D eigenvalue weighted by atomic mass is 10.6. The van der Waals surface area contributed by atoms with E-state index in [1.807, 2.05) is 13.8 Å². The molecule has 0 rings (SSSR count). The third-order valence-electron chi connectivity index (χ3n) is 1.90. The molecule has 0 saturated heterocycles. The number of ether oxygens (including phenoxy) is 1. The zero-order valence-electron chi connectivity index (χ0n) is 9.42. The minimum absolute atomic E-state index is 0.158. The van der Waals surface area contributed by atoms with Crippen molar-refractivity contribution in [2.75, 3.05) is 13.7 Å². The molecule has 0 heterocycles. The van der Waals surface area contributed by atoms with E-state index in [2.05, 4.69) is 13.5 Å². The van der Waals surface area contributed by atoms with Crippen LogP contribution in [0.1, 0.15) is 27.2 Å². The lowest BCUT2D eigenvalue weighted by molar-refractivity contribution is -0.0617. The maximum atomic E-state index is 5.76. The Balaban J connectivity index is 4.05. The lowest BCUT2D eigenvalue weighted by Crippen LogP contribution is -2.41. The Bertz CT molecular complexity index is 124. The summed E-state index contributed by atoms with van der Waals surface area (Å²) in [5.74, 6) is 0. The molecule has 0 amide bonds. The highest BCUT2D eigenvalue weighted by atomic mass is 28.4. The van der Waals surface area contributed by atoms with Crippen molar-refractivity contribution in [2.45, 2.75) is 46.1 Å². The largest absolute Gasteiger partial charge is 0.395 e. The number of methoxy groups -OCH3 is 1. The molecule has 0 aliphatic heterocycles. The van der Waals surface area contributed by atoms with E-state index in [-0.39, 0.29) is 6.29 Å². The molecule has 80 valence electrons. The van der Waals surface area contributed by atoms with Crippen LogP contribution in [0.25, 0.3) is 0 Å². The first-order chi connectivity index (χ1) is 6.08. The Morgan fingerprint density at radius 1 is 1.31 bits per heavy atom. The maximum absolute atomic E-state index is 5.76. The smallest absolute Gasteiger partial charge is 0.336 e. The molecule has 2 atom stereocenters. The Labute approximate surface area is 82.6 Å². The molecule has 0 aromatic heterocycles. The fraction of sp³-hybridized carbons (Fsp3) is 1.00. The summed E-state index contributed by atoms with van der Waals surface area (Å²) in [5.41, 5.74) is 0. The average molecular weight is 206 g/mol. The van der Waals surface area contributed by atoms with Crippen molar-refractivity contribution in [2.24, 2.45) is 0 Å². The number of hydrogen-bond donors (Lipinski definition) is 0. The van der Waals surface area contributed by atoms with Gasteiger partial charge in [0.1, 0.15) is 6.29 Å². The highest BCUT2D eigenvalue weighted by molar-refractivity contribution is 6.66. The van der Waals surface area contributed by atoms with Crippen LogP contribution in [0.5, 0.6) is 0 Å². The van der Waals surface area contributed by atoms with Crippen LogP contribution < -0.4 is 0 Å². The first-order valence-electron chi connectivity index (χ1n) is 4.92. The van der Waals surface area contributed by atoms with E-state index in [4.69, 9.17) is 13.6 Å². The highest BCUT2D eigenvalue weighted by Crippen LogP contribution is 2.17. The van der Waals surface area contributed by atoms with Crippen LogP contribution in [-0.2, 0) is 13.6 Å². The molecule has 3 nitrogen and oxygen atoms in total. The SMILES string of the molecule is CCC[Si](C)(OCC)OC(C)OC. The van der Waals surface area contributed by atoms with Crippen LogP contribution in [0.2, 0.25) is 12.6 Å². The second kappa shape index (κ2) is 6.54. The van der Waals surface area contributed by atoms with Gasteiger partial charge < -0.3 is 13.6 Å². The molecule has 0 N–H and O–H groups in total. The van der Waals surface area contributed by atoms with Crippen molar-refractivity contribution >= 4 is 8.56 Å². The summed E-state index contributed by atoms with van der Waals surface area (Å²) in [6.07, 6.45) is 0.939. The Morgan fingerprint density at radius 3 is 2.31 bits per heavy atom. The molecule has 0 radical (unpaired) electrons. The van der Waals surface area contributed by atoms with Crippen LogP contribution >= 0.6 is 0 Å². The van der Waals surface area contributed by atoms with E-state index >= 15 is 0 Å². The standard InChI is InChI=1S/C9H22O3Si/c1-6-8-13(5,11-7-2)12-9(3)10-4/h9H,6-8H2,1-5H3. The van der Waals surface area contributed by atoms with Crippen LogP contribution in [0.15, 0.2) is 0 Å². The van der Waals surface area contributed by atoms with Gasteiger partial charge in [0.15, 0.2) is 0 Å². The number of rotatable bonds is 7. The van der Waals surface area contributed by atoms with E-state index in [9.17, 15) is 0 Å². The molecule has 0 spiro atoms. The van der Waals surface area contributed by atoms with Crippen molar-refractivity contribution in [1.82, 2.24) is 0 Å². The van der Waals surface area contributed by atoms with Crippen LogP contribution in [-0.4, -0.2) is 28.6 Å². The van der Waals surface area contributed by atoms with Gasteiger partial charge in [-0.15, -0.1) is 0 Å². The van der Waals surface area contributed by atoms with Gasteiger partial charge in [0.05, 0.1) is 0 Å². The Morgan fingerprint density at radius 2 is 1.92 bits per heavy atom. The zero-order chi connectivity index (χ0) is 10.3. The van der Waals surface area contributed by atoms with Crippen LogP contribution in [0.3, 0.4) is 0 Å². The molecule has 0 aliphatic rings. The molecular weight excluding hydrogens is 184 g/mol. The minimum atomic E-state index is -1.96. The predicted octanol–water partition coefficient (Wildman–Crippen LogP) is 2.51. The monoisotopic (exact) mass is 206 g/mol. The van der Waals surface area contributed by atoms with Crippen molar-refractivity contribution < 1.29 is 13.6 Å². The molecule has 0 bridgehead atoms. The van der Waals surface area contributed by atoms with E-state index in [0.717, 1.165) is 19.1 Å². The molecule has 0 fully saturated rings. The average Bonchev–Trinajstić information content (AvgIpc) is 2.04. The van der Waals surface area contributed by atoms with E-state index in [1.54, 1.807) is 7.11 Å². The van der Waals surface area contributed by atoms with Crippen molar-refractivity contribution in [3.05, 3.63) is 0 Å². The predicted molar refractivity (Wildman–Crippen MR) is 55.9 cm³/mol. The third-order valence-corrected chi connectivity index (χ3v) is 5.04. The van der Waals surface area contributed by atoms with Crippen molar-refractivity contribution in [3.63, 3.8) is 0 Å². The molecule has 0 aromatic rings. The third kappa shape index (κ3) is 5.41. The maximum Gasteiger partial charge on any atom is 0.336 e. The first-order valence-corrected chi connectivity index (χ1v) is 7.45.